The molecule has 1 atom stereocenters. The number of halogens is 2. The highest BCUT2D eigenvalue weighted by Crippen LogP contribution is 2.35. The zero-order chi connectivity index (χ0) is 9.14. The van der Waals surface area contributed by atoms with Crippen LogP contribution >= 0.6 is 43.2 Å². The first kappa shape index (κ1) is 10.3. The predicted octanol–water partition coefficient (Wildman–Crippen LogP) is 3.30. The number of hydrogen-bond donors (Lipinski definition) is 1. The highest BCUT2D eigenvalue weighted by molar-refractivity contribution is 9.13. The topological polar surface area (TPSA) is 26.0 Å². The summed E-state index contributed by atoms with van der Waals surface area (Å²) in [7, 11) is 0. The van der Waals surface area contributed by atoms with E-state index >= 15 is 0 Å². The van der Waals surface area contributed by atoms with Gasteiger partial charge in [-0.15, -0.1) is 23.7 Å². The van der Waals surface area contributed by atoms with E-state index in [0.717, 1.165) is 13.1 Å². The molecule has 1 aromatic heterocycles. The van der Waals surface area contributed by atoms with Crippen LogP contribution in [0.2, 0.25) is 0 Å². The van der Waals surface area contributed by atoms with Crippen molar-refractivity contribution in [3.63, 3.8) is 0 Å². The average molecular weight is 309 g/mol. The maximum atomic E-state index is 5.81. The molecule has 0 aromatic carbocycles. The molecule has 1 rings (SSSR count). The Labute approximate surface area is 92.6 Å². The normalized spacial score (nSPS) is 12.5. The lowest BCUT2D eigenvalue weighted by Crippen LogP contribution is -2.06. The number of nitrogens with two attached hydrogens (primary N) is 1. The molecule has 2 N–H and O–H groups in total. The third-order valence-electron chi connectivity index (χ3n) is 1.37. The number of rotatable bonds is 2. The fraction of sp³-hybridized carbons (Fsp3) is 0.250. The smallest absolute Gasteiger partial charge is 0.0843 e. The summed E-state index contributed by atoms with van der Waals surface area (Å²) < 4.78 is 2.10. The fourth-order valence-corrected chi connectivity index (χ4v) is 2.86. The van der Waals surface area contributed by atoms with Gasteiger partial charge in [-0.3, -0.25) is 0 Å². The Kier molecular flexibility index (Phi) is 3.78. The Balaban J connectivity index is 2.83. The zero-order valence-electron chi connectivity index (χ0n) is 6.18. The molecule has 0 aliphatic carbocycles. The Morgan fingerprint density at radius 2 is 2.33 bits per heavy atom. The van der Waals surface area contributed by atoms with Crippen molar-refractivity contribution in [2.24, 2.45) is 5.73 Å². The standard InChI is InChI=1S/C8H7Br2NS/c1-2-3-6(11)7-4-5(9)8(10)12-7/h1,4,6H,3,11H2. The van der Waals surface area contributed by atoms with Crippen molar-refractivity contribution in [3.8, 4) is 12.3 Å². The minimum atomic E-state index is -0.0393. The van der Waals surface area contributed by atoms with Gasteiger partial charge < -0.3 is 5.73 Å². The van der Waals surface area contributed by atoms with Gasteiger partial charge in [-0.2, -0.15) is 0 Å². The molecule has 0 aliphatic heterocycles. The van der Waals surface area contributed by atoms with Crippen LogP contribution in [0.3, 0.4) is 0 Å². The molecule has 0 spiro atoms. The summed E-state index contributed by atoms with van der Waals surface area (Å²) in [5, 5.41) is 0. The minimum absolute atomic E-state index is 0.0393. The minimum Gasteiger partial charge on any atom is -0.322 e. The van der Waals surface area contributed by atoms with Gasteiger partial charge in [0.2, 0.25) is 0 Å². The molecule has 1 aromatic rings. The summed E-state index contributed by atoms with van der Waals surface area (Å²) in [5.41, 5.74) is 5.81. The van der Waals surface area contributed by atoms with Gasteiger partial charge in [-0.25, -0.2) is 0 Å². The fourth-order valence-electron chi connectivity index (χ4n) is 0.774. The molecule has 1 unspecified atom stereocenters. The molecule has 64 valence electrons. The third kappa shape index (κ3) is 2.33. The van der Waals surface area contributed by atoms with Crippen molar-refractivity contribution in [2.45, 2.75) is 12.5 Å². The second-order valence-corrected chi connectivity index (χ2v) is 5.54. The molecule has 4 heteroatoms. The summed E-state index contributed by atoms with van der Waals surface area (Å²) >= 11 is 8.40. The van der Waals surface area contributed by atoms with Crippen molar-refractivity contribution in [1.29, 1.82) is 0 Å². The van der Waals surface area contributed by atoms with Gasteiger partial charge in [-0.05, 0) is 37.9 Å². The van der Waals surface area contributed by atoms with Crippen molar-refractivity contribution in [2.75, 3.05) is 0 Å². The van der Waals surface area contributed by atoms with E-state index in [4.69, 9.17) is 12.2 Å². The van der Waals surface area contributed by atoms with E-state index in [2.05, 4.69) is 37.8 Å². The van der Waals surface area contributed by atoms with E-state index in [1.54, 1.807) is 11.3 Å². The maximum Gasteiger partial charge on any atom is 0.0843 e. The van der Waals surface area contributed by atoms with Crippen LogP contribution in [0.4, 0.5) is 0 Å². The molecule has 1 heterocycles. The molecule has 12 heavy (non-hydrogen) atoms. The molecular weight excluding hydrogens is 302 g/mol. The zero-order valence-corrected chi connectivity index (χ0v) is 10.2. The van der Waals surface area contributed by atoms with E-state index in [1.165, 1.54) is 0 Å². The van der Waals surface area contributed by atoms with Crippen LogP contribution in [0.15, 0.2) is 14.3 Å². The van der Waals surface area contributed by atoms with Crippen LogP contribution in [0.25, 0.3) is 0 Å². The predicted molar refractivity (Wildman–Crippen MR) is 60.1 cm³/mol. The lowest BCUT2D eigenvalue weighted by atomic mass is 10.2. The van der Waals surface area contributed by atoms with Gasteiger partial charge >= 0.3 is 0 Å². The molecule has 0 fully saturated rings. The van der Waals surface area contributed by atoms with Gasteiger partial charge in [0, 0.05) is 15.8 Å². The molecule has 0 radical (unpaired) electrons. The van der Waals surface area contributed by atoms with Gasteiger partial charge in [0.05, 0.1) is 9.83 Å². The van der Waals surface area contributed by atoms with Crippen LogP contribution in [-0.2, 0) is 0 Å². The lowest BCUT2D eigenvalue weighted by molar-refractivity contribution is 0.771. The first-order chi connectivity index (χ1) is 5.65. The molecule has 0 saturated heterocycles. The second kappa shape index (κ2) is 4.43. The van der Waals surface area contributed by atoms with Crippen molar-refractivity contribution in [3.05, 3.63) is 19.2 Å². The van der Waals surface area contributed by atoms with Crippen LogP contribution in [0.5, 0.6) is 0 Å². The number of terminal acetylenes is 1. The Morgan fingerprint density at radius 3 is 2.75 bits per heavy atom. The van der Waals surface area contributed by atoms with Crippen LogP contribution in [0, 0.1) is 12.3 Å². The largest absolute Gasteiger partial charge is 0.322 e. The Hall–Kier alpha value is 0.180. The highest BCUT2D eigenvalue weighted by atomic mass is 79.9. The molecular formula is C8H7Br2NS. The quantitative estimate of drug-likeness (QED) is 0.834. The highest BCUT2D eigenvalue weighted by Gasteiger charge is 2.10. The molecule has 1 nitrogen and oxygen atoms in total. The summed E-state index contributed by atoms with van der Waals surface area (Å²) in [4.78, 5) is 1.10. The maximum absolute atomic E-state index is 5.81. The molecule has 0 aliphatic rings. The first-order valence-corrected chi connectivity index (χ1v) is 5.69. The van der Waals surface area contributed by atoms with Gasteiger partial charge in [0.1, 0.15) is 0 Å². The molecule has 0 saturated carbocycles. The van der Waals surface area contributed by atoms with E-state index < -0.39 is 0 Å². The van der Waals surface area contributed by atoms with Gasteiger partial charge in [0.25, 0.3) is 0 Å². The first-order valence-electron chi connectivity index (χ1n) is 3.29. The van der Waals surface area contributed by atoms with Crippen molar-refractivity contribution >= 4 is 43.2 Å². The SMILES string of the molecule is C#CCC(N)c1cc(Br)c(Br)s1. The summed E-state index contributed by atoms with van der Waals surface area (Å²) in [6.07, 6.45) is 5.75. The van der Waals surface area contributed by atoms with Gasteiger partial charge in [-0.1, -0.05) is 0 Å². The summed E-state index contributed by atoms with van der Waals surface area (Å²) in [6.45, 7) is 0. The second-order valence-electron chi connectivity index (χ2n) is 2.29. The van der Waals surface area contributed by atoms with Crippen LogP contribution in [0.1, 0.15) is 17.3 Å². The Bertz CT molecular complexity index is 294. The van der Waals surface area contributed by atoms with E-state index in [1.807, 2.05) is 6.07 Å². The summed E-state index contributed by atoms with van der Waals surface area (Å²) in [5.74, 6) is 2.55. The van der Waals surface area contributed by atoms with Crippen LogP contribution < -0.4 is 5.73 Å². The Morgan fingerprint density at radius 1 is 1.67 bits per heavy atom. The monoisotopic (exact) mass is 307 g/mol. The molecule has 0 bridgehead atoms. The lowest BCUT2D eigenvalue weighted by Gasteiger charge is -2.02. The molecule has 0 amide bonds. The van der Waals surface area contributed by atoms with E-state index in [0.29, 0.717) is 6.42 Å². The number of thiophene rings is 1. The van der Waals surface area contributed by atoms with Crippen molar-refractivity contribution in [1.82, 2.24) is 0 Å². The van der Waals surface area contributed by atoms with E-state index in [9.17, 15) is 0 Å². The van der Waals surface area contributed by atoms with Crippen molar-refractivity contribution < 1.29 is 0 Å². The van der Waals surface area contributed by atoms with Crippen LogP contribution in [-0.4, -0.2) is 0 Å². The summed E-state index contributed by atoms with van der Waals surface area (Å²) in [6, 6.07) is 1.96. The van der Waals surface area contributed by atoms with E-state index in [-0.39, 0.29) is 6.04 Å². The number of hydrogen-bond acceptors (Lipinski definition) is 2. The average Bonchev–Trinajstić information content (AvgIpc) is 2.33. The third-order valence-corrected chi connectivity index (χ3v) is 4.76. The van der Waals surface area contributed by atoms with Gasteiger partial charge in [0.15, 0.2) is 0 Å².